The number of rotatable bonds is 3. The summed E-state index contributed by atoms with van der Waals surface area (Å²) >= 11 is 0. The molecule has 2 rings (SSSR count). The third kappa shape index (κ3) is 3.16. The van der Waals surface area contributed by atoms with Crippen molar-refractivity contribution in [3.63, 3.8) is 0 Å². The van der Waals surface area contributed by atoms with Crippen LogP contribution in [0.15, 0.2) is 29.2 Å². The molecule has 122 valence electrons. The number of nitrogens with zero attached hydrogens (tertiary/aromatic N) is 2. The highest BCUT2D eigenvalue weighted by atomic mass is 32.2. The van der Waals surface area contributed by atoms with Gasteiger partial charge in [-0.05, 0) is 38.1 Å². The van der Waals surface area contributed by atoms with Crippen molar-refractivity contribution < 1.29 is 17.9 Å². The van der Waals surface area contributed by atoms with Crippen LogP contribution in [-0.4, -0.2) is 62.9 Å². The summed E-state index contributed by atoms with van der Waals surface area (Å²) in [6.07, 6.45) is 0. The van der Waals surface area contributed by atoms with Crippen molar-refractivity contribution in [2.45, 2.75) is 24.3 Å². The van der Waals surface area contributed by atoms with Crippen molar-refractivity contribution in [1.82, 2.24) is 9.21 Å². The fourth-order valence-electron chi connectivity index (χ4n) is 2.37. The highest BCUT2D eigenvalue weighted by Gasteiger charge is 2.34. The SMILES string of the molecule is CN(C)S(=O)(=O)c1ccc(C(=O)N2CCOCC2(C)C)cc1. The number of benzene rings is 1. The molecule has 1 aromatic carbocycles. The Bertz CT molecular complexity index is 651. The number of hydrogen-bond acceptors (Lipinski definition) is 4. The third-order valence-corrected chi connectivity index (χ3v) is 5.60. The first-order valence-electron chi connectivity index (χ1n) is 7.08. The molecule has 0 N–H and O–H groups in total. The minimum absolute atomic E-state index is 0.109. The molecule has 0 aromatic heterocycles. The fourth-order valence-corrected chi connectivity index (χ4v) is 3.27. The Kier molecular flexibility index (Phi) is 4.60. The molecule has 1 aliphatic heterocycles. The summed E-state index contributed by atoms with van der Waals surface area (Å²) < 4.78 is 30.6. The zero-order chi connectivity index (χ0) is 16.5. The van der Waals surface area contributed by atoms with Crippen LogP contribution in [-0.2, 0) is 14.8 Å². The fraction of sp³-hybridized carbons (Fsp3) is 0.533. The molecule has 1 saturated heterocycles. The van der Waals surface area contributed by atoms with Crippen LogP contribution in [0, 0.1) is 0 Å². The highest BCUT2D eigenvalue weighted by molar-refractivity contribution is 7.89. The molecule has 1 fully saturated rings. The number of ether oxygens (including phenoxy) is 1. The maximum Gasteiger partial charge on any atom is 0.254 e. The van der Waals surface area contributed by atoms with Crippen LogP contribution in [0.5, 0.6) is 0 Å². The zero-order valence-corrected chi connectivity index (χ0v) is 14.2. The molecule has 0 atom stereocenters. The first kappa shape index (κ1) is 16.9. The van der Waals surface area contributed by atoms with Crippen LogP contribution in [0.4, 0.5) is 0 Å². The van der Waals surface area contributed by atoms with Gasteiger partial charge in [0.2, 0.25) is 10.0 Å². The molecule has 1 aliphatic rings. The van der Waals surface area contributed by atoms with E-state index in [1.165, 1.54) is 26.2 Å². The number of hydrogen-bond donors (Lipinski definition) is 0. The Labute approximate surface area is 131 Å². The second-order valence-electron chi connectivity index (χ2n) is 6.13. The lowest BCUT2D eigenvalue weighted by Crippen LogP contribution is -2.55. The number of morpholine rings is 1. The summed E-state index contributed by atoms with van der Waals surface area (Å²) in [6.45, 7) is 5.45. The predicted molar refractivity (Wildman–Crippen MR) is 83.2 cm³/mol. The van der Waals surface area contributed by atoms with E-state index >= 15 is 0 Å². The van der Waals surface area contributed by atoms with Gasteiger partial charge in [-0.1, -0.05) is 0 Å². The molecule has 0 saturated carbocycles. The van der Waals surface area contributed by atoms with Crippen molar-refractivity contribution in [3.05, 3.63) is 29.8 Å². The minimum atomic E-state index is -3.48. The van der Waals surface area contributed by atoms with E-state index in [1.807, 2.05) is 13.8 Å². The molecule has 0 unspecified atom stereocenters. The van der Waals surface area contributed by atoms with E-state index in [0.717, 1.165) is 4.31 Å². The van der Waals surface area contributed by atoms with Crippen LogP contribution < -0.4 is 0 Å². The molecule has 0 spiro atoms. The van der Waals surface area contributed by atoms with Crippen molar-refractivity contribution in [2.24, 2.45) is 0 Å². The van der Waals surface area contributed by atoms with Crippen LogP contribution >= 0.6 is 0 Å². The molecule has 7 heteroatoms. The number of amides is 1. The molecule has 1 aromatic rings. The van der Waals surface area contributed by atoms with Gasteiger partial charge >= 0.3 is 0 Å². The van der Waals surface area contributed by atoms with Gasteiger partial charge in [-0.2, -0.15) is 0 Å². The lowest BCUT2D eigenvalue weighted by molar-refractivity contribution is -0.0370. The van der Waals surface area contributed by atoms with Crippen LogP contribution in [0.25, 0.3) is 0 Å². The van der Waals surface area contributed by atoms with E-state index in [9.17, 15) is 13.2 Å². The van der Waals surface area contributed by atoms with Crippen molar-refractivity contribution >= 4 is 15.9 Å². The van der Waals surface area contributed by atoms with Crippen molar-refractivity contribution in [3.8, 4) is 0 Å². The quantitative estimate of drug-likeness (QED) is 0.837. The second kappa shape index (κ2) is 5.98. The summed E-state index contributed by atoms with van der Waals surface area (Å²) in [5, 5.41) is 0. The average molecular weight is 326 g/mol. The predicted octanol–water partition coefficient (Wildman–Crippen LogP) is 1.19. The largest absolute Gasteiger partial charge is 0.377 e. The van der Waals surface area contributed by atoms with Gasteiger partial charge in [0.15, 0.2) is 0 Å². The molecule has 0 radical (unpaired) electrons. The van der Waals surface area contributed by atoms with Gasteiger partial charge in [0.25, 0.3) is 5.91 Å². The molecule has 6 nitrogen and oxygen atoms in total. The number of sulfonamides is 1. The minimum Gasteiger partial charge on any atom is -0.377 e. The number of carbonyl (C=O) groups is 1. The maximum atomic E-state index is 12.6. The van der Waals surface area contributed by atoms with Gasteiger partial charge in [0, 0.05) is 26.2 Å². The zero-order valence-electron chi connectivity index (χ0n) is 13.4. The van der Waals surface area contributed by atoms with E-state index in [-0.39, 0.29) is 16.3 Å². The topological polar surface area (TPSA) is 66.9 Å². The van der Waals surface area contributed by atoms with Gasteiger partial charge in [-0.25, -0.2) is 12.7 Å². The summed E-state index contributed by atoms with van der Waals surface area (Å²) in [7, 11) is -0.525. The molecular formula is C15H22N2O4S. The van der Waals surface area contributed by atoms with E-state index in [4.69, 9.17) is 4.74 Å². The lowest BCUT2D eigenvalue weighted by atomic mass is 10.0. The van der Waals surface area contributed by atoms with Crippen LogP contribution in [0.2, 0.25) is 0 Å². The molecule has 22 heavy (non-hydrogen) atoms. The van der Waals surface area contributed by atoms with Gasteiger partial charge in [-0.3, -0.25) is 4.79 Å². The molecule has 1 amide bonds. The van der Waals surface area contributed by atoms with Gasteiger partial charge < -0.3 is 9.64 Å². The van der Waals surface area contributed by atoms with Crippen LogP contribution in [0.1, 0.15) is 24.2 Å². The van der Waals surface area contributed by atoms with E-state index in [2.05, 4.69) is 0 Å². The Hall–Kier alpha value is -1.44. The normalized spacial score (nSPS) is 18.5. The van der Waals surface area contributed by atoms with E-state index in [1.54, 1.807) is 17.0 Å². The third-order valence-electron chi connectivity index (χ3n) is 3.77. The molecule has 0 aliphatic carbocycles. The maximum absolute atomic E-state index is 12.6. The lowest BCUT2D eigenvalue weighted by Gasteiger charge is -2.42. The molecule has 1 heterocycles. The summed E-state index contributed by atoms with van der Waals surface area (Å²) in [4.78, 5) is 14.6. The Balaban J connectivity index is 2.25. The monoisotopic (exact) mass is 326 g/mol. The standard InChI is InChI=1S/C15H22N2O4S/c1-15(2)11-21-10-9-17(15)14(18)12-5-7-13(8-6-12)22(19,20)16(3)4/h5-8H,9-11H2,1-4H3. The van der Waals surface area contributed by atoms with Crippen molar-refractivity contribution in [2.75, 3.05) is 33.9 Å². The first-order valence-corrected chi connectivity index (χ1v) is 8.52. The Morgan fingerprint density at radius 2 is 1.82 bits per heavy atom. The molecule has 0 bridgehead atoms. The summed E-state index contributed by atoms with van der Waals surface area (Å²) in [6, 6.07) is 6.06. The Morgan fingerprint density at radius 3 is 2.32 bits per heavy atom. The smallest absolute Gasteiger partial charge is 0.254 e. The van der Waals surface area contributed by atoms with Gasteiger partial charge in [-0.15, -0.1) is 0 Å². The summed E-state index contributed by atoms with van der Waals surface area (Å²) in [5.41, 5.74) is 0.108. The number of carbonyl (C=O) groups excluding carboxylic acids is 1. The van der Waals surface area contributed by atoms with E-state index < -0.39 is 10.0 Å². The Morgan fingerprint density at radius 1 is 1.23 bits per heavy atom. The first-order chi connectivity index (χ1) is 10.2. The molecular weight excluding hydrogens is 304 g/mol. The van der Waals surface area contributed by atoms with Crippen molar-refractivity contribution in [1.29, 1.82) is 0 Å². The second-order valence-corrected chi connectivity index (χ2v) is 8.29. The average Bonchev–Trinajstić information content (AvgIpc) is 2.46. The summed E-state index contributed by atoms with van der Waals surface area (Å²) in [5.74, 6) is -0.109. The van der Waals surface area contributed by atoms with E-state index in [0.29, 0.717) is 25.3 Å². The van der Waals surface area contributed by atoms with Gasteiger partial charge in [0.05, 0.1) is 23.6 Å². The van der Waals surface area contributed by atoms with Gasteiger partial charge in [0.1, 0.15) is 0 Å². The highest BCUT2D eigenvalue weighted by Crippen LogP contribution is 2.22. The van der Waals surface area contributed by atoms with Crippen LogP contribution in [0.3, 0.4) is 0 Å².